The number of aliphatic hydroxyl groups is 1. The van der Waals surface area contributed by atoms with E-state index >= 15 is 0 Å². The number of hydrogen-bond donors (Lipinski definition) is 1. The van der Waals surface area contributed by atoms with Crippen molar-refractivity contribution < 1.29 is 18.7 Å². The van der Waals surface area contributed by atoms with Gasteiger partial charge >= 0.3 is 0 Å². The van der Waals surface area contributed by atoms with Crippen molar-refractivity contribution in [3.63, 3.8) is 0 Å². The number of aryl methyl sites for hydroxylation is 1. The van der Waals surface area contributed by atoms with Gasteiger partial charge in [0.15, 0.2) is 17.4 Å². The monoisotopic (exact) mass is 242 g/mol. The number of aliphatic hydroxyl groups excluding tert-OH is 1. The summed E-state index contributed by atoms with van der Waals surface area (Å²) in [6, 6.07) is 2.52. The standard InChI is InChI=1S/C13H16F2O2/c1-7-5-6-8(10(15)9(7)14)11(16)12(17)13(2,3)4/h5-6,12,17H,1-4H3. The number of rotatable bonds is 2. The van der Waals surface area contributed by atoms with Crippen LogP contribution in [-0.2, 0) is 0 Å². The van der Waals surface area contributed by atoms with Gasteiger partial charge in [0, 0.05) is 0 Å². The maximum absolute atomic E-state index is 13.6. The Morgan fingerprint density at radius 3 is 2.24 bits per heavy atom. The van der Waals surface area contributed by atoms with E-state index in [-0.39, 0.29) is 5.56 Å². The van der Waals surface area contributed by atoms with Gasteiger partial charge in [0.05, 0.1) is 5.56 Å². The quantitative estimate of drug-likeness (QED) is 0.810. The number of benzene rings is 1. The van der Waals surface area contributed by atoms with Crippen molar-refractivity contribution in [3.8, 4) is 0 Å². The van der Waals surface area contributed by atoms with E-state index in [0.717, 1.165) is 0 Å². The van der Waals surface area contributed by atoms with E-state index < -0.39 is 34.5 Å². The highest BCUT2D eigenvalue weighted by Crippen LogP contribution is 2.25. The van der Waals surface area contributed by atoms with Crippen molar-refractivity contribution in [2.45, 2.75) is 33.8 Å². The normalized spacial score (nSPS) is 13.6. The van der Waals surface area contributed by atoms with Gasteiger partial charge in [-0.3, -0.25) is 4.79 Å². The van der Waals surface area contributed by atoms with E-state index in [1.54, 1.807) is 20.8 Å². The minimum atomic E-state index is -1.36. The molecule has 0 radical (unpaired) electrons. The molecule has 0 aliphatic carbocycles. The molecule has 1 unspecified atom stereocenters. The van der Waals surface area contributed by atoms with Gasteiger partial charge < -0.3 is 5.11 Å². The summed E-state index contributed by atoms with van der Waals surface area (Å²) in [5.41, 5.74) is -0.995. The van der Waals surface area contributed by atoms with E-state index in [1.807, 2.05) is 0 Å². The molecular weight excluding hydrogens is 226 g/mol. The van der Waals surface area contributed by atoms with Gasteiger partial charge in [-0.15, -0.1) is 0 Å². The van der Waals surface area contributed by atoms with Gasteiger partial charge in [0.2, 0.25) is 0 Å². The summed E-state index contributed by atoms with van der Waals surface area (Å²) in [6.07, 6.45) is -1.36. The molecule has 0 saturated heterocycles. The Kier molecular flexibility index (Phi) is 3.67. The number of Topliss-reactive ketones (excluding diaryl/α,β-unsaturated/α-hetero) is 1. The van der Waals surface area contributed by atoms with Crippen molar-refractivity contribution in [2.75, 3.05) is 0 Å². The first-order valence-electron chi connectivity index (χ1n) is 5.33. The van der Waals surface area contributed by atoms with E-state index in [0.29, 0.717) is 0 Å². The van der Waals surface area contributed by atoms with Crippen molar-refractivity contribution in [2.24, 2.45) is 5.41 Å². The van der Waals surface area contributed by atoms with Crippen LogP contribution < -0.4 is 0 Å². The van der Waals surface area contributed by atoms with Crippen LogP contribution in [0.1, 0.15) is 36.7 Å². The molecule has 1 rings (SSSR count). The van der Waals surface area contributed by atoms with Crippen LogP contribution in [-0.4, -0.2) is 17.0 Å². The average molecular weight is 242 g/mol. The summed E-state index contributed by atoms with van der Waals surface area (Å²) >= 11 is 0. The number of hydrogen-bond acceptors (Lipinski definition) is 2. The van der Waals surface area contributed by atoms with Crippen LogP contribution in [0, 0.1) is 24.0 Å². The minimum absolute atomic E-state index is 0.129. The molecule has 2 nitrogen and oxygen atoms in total. The molecular formula is C13H16F2O2. The number of halogens is 2. The van der Waals surface area contributed by atoms with Crippen molar-refractivity contribution in [1.82, 2.24) is 0 Å². The highest BCUT2D eigenvalue weighted by molar-refractivity contribution is 6.00. The lowest BCUT2D eigenvalue weighted by atomic mass is 9.84. The van der Waals surface area contributed by atoms with E-state index in [4.69, 9.17) is 0 Å². The maximum atomic E-state index is 13.6. The second-order valence-electron chi connectivity index (χ2n) is 5.19. The largest absolute Gasteiger partial charge is 0.384 e. The molecule has 0 aliphatic rings. The third kappa shape index (κ3) is 2.69. The molecule has 0 heterocycles. The summed E-state index contributed by atoms with van der Waals surface area (Å²) in [5.74, 6) is -3.04. The lowest BCUT2D eigenvalue weighted by Crippen LogP contribution is -2.34. The predicted molar refractivity (Wildman–Crippen MR) is 60.9 cm³/mol. The molecule has 0 bridgehead atoms. The second kappa shape index (κ2) is 4.53. The Hall–Kier alpha value is -1.29. The molecule has 0 amide bonds. The molecule has 1 aromatic rings. The van der Waals surface area contributed by atoms with Crippen LogP contribution in [0.15, 0.2) is 12.1 Å². The Bertz CT molecular complexity index is 447. The lowest BCUT2D eigenvalue weighted by molar-refractivity contribution is 0.0438. The van der Waals surface area contributed by atoms with Crippen LogP contribution in [0.2, 0.25) is 0 Å². The van der Waals surface area contributed by atoms with Gasteiger partial charge in [-0.25, -0.2) is 8.78 Å². The van der Waals surface area contributed by atoms with Crippen LogP contribution in [0.3, 0.4) is 0 Å². The van der Waals surface area contributed by atoms with Crippen molar-refractivity contribution in [1.29, 1.82) is 0 Å². The van der Waals surface area contributed by atoms with Crippen LogP contribution in [0.25, 0.3) is 0 Å². The van der Waals surface area contributed by atoms with Crippen molar-refractivity contribution >= 4 is 5.78 Å². The molecule has 1 aromatic carbocycles. The van der Waals surface area contributed by atoms with Gasteiger partial charge in [-0.1, -0.05) is 26.8 Å². The molecule has 94 valence electrons. The topological polar surface area (TPSA) is 37.3 Å². The van der Waals surface area contributed by atoms with Crippen LogP contribution in [0.5, 0.6) is 0 Å². The maximum Gasteiger partial charge on any atom is 0.194 e. The molecule has 4 heteroatoms. The first-order chi connectivity index (χ1) is 7.66. The fourth-order valence-corrected chi connectivity index (χ4v) is 1.38. The molecule has 1 atom stereocenters. The molecule has 0 spiro atoms. The van der Waals surface area contributed by atoms with E-state index in [2.05, 4.69) is 0 Å². The Morgan fingerprint density at radius 2 is 1.76 bits per heavy atom. The third-order valence-electron chi connectivity index (χ3n) is 2.61. The number of ketones is 1. The zero-order chi connectivity index (χ0) is 13.4. The van der Waals surface area contributed by atoms with Gasteiger partial charge in [0.25, 0.3) is 0 Å². The first-order valence-corrected chi connectivity index (χ1v) is 5.33. The molecule has 0 aliphatic heterocycles. The highest BCUT2D eigenvalue weighted by atomic mass is 19.2. The fraction of sp³-hybridized carbons (Fsp3) is 0.462. The second-order valence-corrected chi connectivity index (χ2v) is 5.19. The molecule has 0 aromatic heterocycles. The zero-order valence-electron chi connectivity index (χ0n) is 10.3. The zero-order valence-corrected chi connectivity index (χ0v) is 10.3. The van der Waals surface area contributed by atoms with E-state index in [1.165, 1.54) is 19.1 Å². The summed E-state index contributed by atoms with van der Waals surface area (Å²) in [5, 5.41) is 9.75. The van der Waals surface area contributed by atoms with Crippen LogP contribution in [0.4, 0.5) is 8.78 Å². The van der Waals surface area contributed by atoms with Gasteiger partial charge in [0.1, 0.15) is 6.10 Å². The molecule has 0 saturated carbocycles. The Labute approximate surface area is 99.3 Å². The van der Waals surface area contributed by atoms with Gasteiger partial charge in [-0.2, -0.15) is 0 Å². The summed E-state index contributed by atoms with van der Waals surface area (Å²) in [7, 11) is 0. The smallest absolute Gasteiger partial charge is 0.194 e. The summed E-state index contributed by atoms with van der Waals surface area (Å²) in [4.78, 5) is 11.8. The molecule has 1 N–H and O–H groups in total. The summed E-state index contributed by atoms with van der Waals surface area (Å²) in [6.45, 7) is 6.36. The van der Waals surface area contributed by atoms with Gasteiger partial charge in [-0.05, 0) is 24.0 Å². The van der Waals surface area contributed by atoms with Crippen molar-refractivity contribution in [3.05, 3.63) is 34.9 Å². The Balaban J connectivity index is 3.19. The lowest BCUT2D eigenvalue weighted by Gasteiger charge is -2.24. The molecule has 17 heavy (non-hydrogen) atoms. The highest BCUT2D eigenvalue weighted by Gasteiger charge is 2.32. The number of carbonyl (C=O) groups excluding carboxylic acids is 1. The first kappa shape index (κ1) is 13.8. The third-order valence-corrected chi connectivity index (χ3v) is 2.61. The van der Waals surface area contributed by atoms with Crippen LogP contribution >= 0.6 is 0 Å². The number of carbonyl (C=O) groups is 1. The SMILES string of the molecule is Cc1ccc(C(=O)C(O)C(C)(C)C)c(F)c1F. The average Bonchev–Trinajstić information content (AvgIpc) is 2.23. The summed E-state index contributed by atoms with van der Waals surface area (Å²) < 4.78 is 26.9. The Morgan fingerprint density at radius 1 is 1.24 bits per heavy atom. The fourth-order valence-electron chi connectivity index (χ4n) is 1.38. The predicted octanol–water partition coefficient (Wildman–Crippen LogP) is 2.86. The molecule has 0 fully saturated rings. The van der Waals surface area contributed by atoms with E-state index in [9.17, 15) is 18.7 Å². The minimum Gasteiger partial charge on any atom is -0.384 e.